The largest absolute Gasteiger partial charge is 0.310 e. The summed E-state index contributed by atoms with van der Waals surface area (Å²) in [7, 11) is 0. The second-order valence-corrected chi connectivity index (χ2v) is 4.12. The molecule has 0 aliphatic carbocycles. The highest BCUT2D eigenvalue weighted by Gasteiger charge is 2.03. The number of hydrogen-bond donors (Lipinski definition) is 1. The molecular formula is C11H17BrN2. The van der Waals surface area contributed by atoms with E-state index in [0.717, 1.165) is 11.9 Å². The van der Waals surface area contributed by atoms with Gasteiger partial charge in [0.15, 0.2) is 0 Å². The normalized spacial score (nSPS) is 12.7. The van der Waals surface area contributed by atoms with Gasteiger partial charge in [0.25, 0.3) is 0 Å². The Morgan fingerprint density at radius 2 is 2.43 bits per heavy atom. The lowest BCUT2D eigenvalue weighted by molar-refractivity contribution is 0.487. The summed E-state index contributed by atoms with van der Waals surface area (Å²) >= 11 is 3.46. The molecule has 1 aromatic heterocycles. The number of rotatable bonds is 6. The van der Waals surface area contributed by atoms with Gasteiger partial charge in [-0.15, -0.1) is 0 Å². The fourth-order valence-electron chi connectivity index (χ4n) is 1.35. The smallest absolute Gasteiger partial charge is 0.0312 e. The molecule has 2 nitrogen and oxygen atoms in total. The van der Waals surface area contributed by atoms with Crippen LogP contribution in [0.5, 0.6) is 0 Å². The summed E-state index contributed by atoms with van der Waals surface area (Å²) in [4.78, 5) is 4.09. The van der Waals surface area contributed by atoms with Crippen molar-refractivity contribution < 1.29 is 0 Å². The predicted octanol–water partition coefficient (Wildman–Crippen LogP) is 2.73. The lowest BCUT2D eigenvalue weighted by Gasteiger charge is -2.15. The molecule has 0 radical (unpaired) electrons. The first-order chi connectivity index (χ1) is 6.86. The minimum absolute atomic E-state index is 0.606. The van der Waals surface area contributed by atoms with Crippen molar-refractivity contribution in [1.82, 2.24) is 10.3 Å². The fourth-order valence-corrected chi connectivity index (χ4v) is 1.90. The standard InChI is InChI=1S/C11H17BrN2/c1-2-11(5-6-12)14-9-10-4-3-7-13-8-10/h3-4,7-8,11,14H,2,5-6,9H2,1H3. The molecular weight excluding hydrogens is 240 g/mol. The van der Waals surface area contributed by atoms with Crippen molar-refractivity contribution >= 4 is 15.9 Å². The van der Waals surface area contributed by atoms with Crippen LogP contribution in [0.2, 0.25) is 0 Å². The van der Waals surface area contributed by atoms with E-state index in [-0.39, 0.29) is 0 Å². The highest BCUT2D eigenvalue weighted by molar-refractivity contribution is 9.09. The van der Waals surface area contributed by atoms with Gasteiger partial charge in [-0.3, -0.25) is 4.98 Å². The van der Waals surface area contributed by atoms with Gasteiger partial charge in [-0.2, -0.15) is 0 Å². The van der Waals surface area contributed by atoms with Gasteiger partial charge in [-0.05, 0) is 24.5 Å². The van der Waals surface area contributed by atoms with Crippen LogP contribution in [0.15, 0.2) is 24.5 Å². The third-order valence-electron chi connectivity index (χ3n) is 2.27. The Hall–Kier alpha value is -0.410. The van der Waals surface area contributed by atoms with Crippen molar-refractivity contribution in [2.45, 2.75) is 32.4 Å². The van der Waals surface area contributed by atoms with E-state index in [0.29, 0.717) is 6.04 Å². The third-order valence-corrected chi connectivity index (χ3v) is 2.73. The van der Waals surface area contributed by atoms with Crippen molar-refractivity contribution in [1.29, 1.82) is 0 Å². The van der Waals surface area contributed by atoms with E-state index >= 15 is 0 Å². The molecule has 0 aliphatic heterocycles. The quantitative estimate of drug-likeness (QED) is 0.792. The van der Waals surface area contributed by atoms with Crippen LogP contribution >= 0.6 is 15.9 Å². The molecule has 1 atom stereocenters. The van der Waals surface area contributed by atoms with E-state index in [9.17, 15) is 0 Å². The minimum Gasteiger partial charge on any atom is -0.310 e. The van der Waals surface area contributed by atoms with Crippen molar-refractivity contribution in [3.8, 4) is 0 Å². The van der Waals surface area contributed by atoms with Crippen molar-refractivity contribution in [3.05, 3.63) is 30.1 Å². The molecule has 3 heteroatoms. The molecule has 1 unspecified atom stereocenters. The zero-order valence-electron chi connectivity index (χ0n) is 8.54. The van der Waals surface area contributed by atoms with Gasteiger partial charge in [0.05, 0.1) is 0 Å². The Morgan fingerprint density at radius 3 is 3.00 bits per heavy atom. The minimum atomic E-state index is 0.606. The first-order valence-electron chi connectivity index (χ1n) is 5.05. The van der Waals surface area contributed by atoms with E-state index < -0.39 is 0 Å². The van der Waals surface area contributed by atoms with Gasteiger partial charge in [-0.1, -0.05) is 28.9 Å². The van der Waals surface area contributed by atoms with E-state index in [2.05, 4.69) is 39.2 Å². The summed E-state index contributed by atoms with van der Waals surface area (Å²) in [6.07, 6.45) is 6.07. The number of hydrogen-bond acceptors (Lipinski definition) is 2. The Bertz CT molecular complexity index is 238. The number of pyridine rings is 1. The van der Waals surface area contributed by atoms with Crippen LogP contribution in [0.4, 0.5) is 0 Å². The lowest BCUT2D eigenvalue weighted by Crippen LogP contribution is -2.28. The van der Waals surface area contributed by atoms with Gasteiger partial charge in [0.1, 0.15) is 0 Å². The summed E-state index contributed by atoms with van der Waals surface area (Å²) in [6.45, 7) is 3.13. The molecule has 0 aliphatic rings. The van der Waals surface area contributed by atoms with Crippen LogP contribution in [0.3, 0.4) is 0 Å². The molecule has 0 saturated heterocycles. The summed E-state index contributed by atoms with van der Waals surface area (Å²) < 4.78 is 0. The summed E-state index contributed by atoms with van der Waals surface area (Å²) in [5, 5.41) is 4.58. The molecule has 1 rings (SSSR count). The maximum Gasteiger partial charge on any atom is 0.0312 e. The average Bonchev–Trinajstić information content (AvgIpc) is 2.25. The Kier molecular flexibility index (Phi) is 5.80. The zero-order chi connectivity index (χ0) is 10.2. The number of nitrogens with one attached hydrogen (secondary N) is 1. The predicted molar refractivity (Wildman–Crippen MR) is 63.6 cm³/mol. The lowest BCUT2D eigenvalue weighted by atomic mass is 10.1. The van der Waals surface area contributed by atoms with Gasteiger partial charge >= 0.3 is 0 Å². The number of nitrogens with zero attached hydrogens (tertiary/aromatic N) is 1. The van der Waals surface area contributed by atoms with E-state index in [1.54, 1.807) is 6.20 Å². The number of aromatic nitrogens is 1. The second kappa shape index (κ2) is 6.96. The van der Waals surface area contributed by atoms with Crippen LogP contribution in [0.25, 0.3) is 0 Å². The number of halogens is 1. The average molecular weight is 257 g/mol. The SMILES string of the molecule is CCC(CCBr)NCc1cccnc1. The molecule has 78 valence electrons. The molecule has 0 fully saturated rings. The van der Waals surface area contributed by atoms with Crippen molar-refractivity contribution in [2.24, 2.45) is 0 Å². The van der Waals surface area contributed by atoms with E-state index in [1.165, 1.54) is 18.4 Å². The van der Waals surface area contributed by atoms with Gasteiger partial charge < -0.3 is 5.32 Å². The first-order valence-corrected chi connectivity index (χ1v) is 6.17. The third kappa shape index (κ3) is 4.20. The van der Waals surface area contributed by atoms with Gasteiger partial charge in [0.2, 0.25) is 0 Å². The molecule has 0 spiro atoms. The van der Waals surface area contributed by atoms with Crippen LogP contribution in [-0.4, -0.2) is 16.4 Å². The molecule has 0 saturated carbocycles. The highest BCUT2D eigenvalue weighted by Crippen LogP contribution is 2.02. The Balaban J connectivity index is 2.32. The fraction of sp³-hybridized carbons (Fsp3) is 0.545. The second-order valence-electron chi connectivity index (χ2n) is 3.33. The molecule has 0 aromatic carbocycles. The van der Waals surface area contributed by atoms with Crippen LogP contribution in [0, 0.1) is 0 Å². The van der Waals surface area contributed by atoms with Crippen molar-refractivity contribution in [3.63, 3.8) is 0 Å². The van der Waals surface area contributed by atoms with Crippen LogP contribution in [0.1, 0.15) is 25.3 Å². The molecule has 0 bridgehead atoms. The Labute approximate surface area is 94.3 Å². The maximum atomic E-state index is 4.09. The summed E-state index contributed by atoms with van der Waals surface area (Å²) in [6, 6.07) is 4.68. The van der Waals surface area contributed by atoms with Gasteiger partial charge in [-0.25, -0.2) is 0 Å². The molecule has 1 heterocycles. The van der Waals surface area contributed by atoms with E-state index in [1.807, 2.05) is 12.3 Å². The molecule has 0 amide bonds. The first kappa shape index (κ1) is 11.7. The Morgan fingerprint density at radius 1 is 1.57 bits per heavy atom. The number of alkyl halides is 1. The van der Waals surface area contributed by atoms with Crippen LogP contribution in [-0.2, 0) is 6.54 Å². The van der Waals surface area contributed by atoms with Crippen molar-refractivity contribution in [2.75, 3.05) is 5.33 Å². The molecule has 14 heavy (non-hydrogen) atoms. The maximum absolute atomic E-state index is 4.09. The van der Waals surface area contributed by atoms with Gasteiger partial charge in [0, 0.05) is 30.3 Å². The van der Waals surface area contributed by atoms with E-state index in [4.69, 9.17) is 0 Å². The summed E-state index contributed by atoms with van der Waals surface area (Å²) in [5.41, 5.74) is 1.25. The van der Waals surface area contributed by atoms with Crippen LogP contribution < -0.4 is 5.32 Å². The topological polar surface area (TPSA) is 24.9 Å². The molecule has 1 N–H and O–H groups in total. The summed E-state index contributed by atoms with van der Waals surface area (Å²) in [5.74, 6) is 0. The monoisotopic (exact) mass is 256 g/mol. The zero-order valence-corrected chi connectivity index (χ0v) is 10.1. The molecule has 1 aromatic rings. The highest BCUT2D eigenvalue weighted by atomic mass is 79.9.